The fourth-order valence-electron chi connectivity index (χ4n) is 3.02. The molecule has 0 spiro atoms. The average molecular weight is 413 g/mol. The highest BCUT2D eigenvalue weighted by Gasteiger charge is 2.33. The molecule has 8 heteroatoms. The van der Waals surface area contributed by atoms with E-state index in [2.05, 4.69) is 5.32 Å². The number of aryl methyl sites for hydroxylation is 1. The van der Waals surface area contributed by atoms with E-state index in [1.807, 2.05) is 25.1 Å². The van der Waals surface area contributed by atoms with E-state index < -0.39 is 10.0 Å². The van der Waals surface area contributed by atoms with Crippen LogP contribution in [0.5, 0.6) is 0 Å². The highest BCUT2D eigenvalue weighted by molar-refractivity contribution is 7.91. The molecule has 2 heterocycles. The Hall–Kier alpha value is -1.41. The minimum atomic E-state index is -3.53. The number of thiophene rings is 1. The molecule has 0 aliphatic carbocycles. The van der Waals surface area contributed by atoms with Crippen molar-refractivity contribution >= 4 is 38.9 Å². The molecule has 0 radical (unpaired) electrons. The second-order valence-electron chi connectivity index (χ2n) is 6.38. The molecule has 1 amide bonds. The summed E-state index contributed by atoms with van der Waals surface area (Å²) in [5, 5.41) is 3.49. The van der Waals surface area contributed by atoms with Crippen LogP contribution in [0.2, 0.25) is 5.02 Å². The molecule has 26 heavy (non-hydrogen) atoms. The summed E-state index contributed by atoms with van der Waals surface area (Å²) in [5.74, 6) is -0.478. The van der Waals surface area contributed by atoms with Gasteiger partial charge < -0.3 is 5.32 Å². The number of piperidine rings is 1. The molecular weight excluding hydrogens is 392 g/mol. The van der Waals surface area contributed by atoms with E-state index in [1.54, 1.807) is 18.2 Å². The predicted molar refractivity (Wildman–Crippen MR) is 104 cm³/mol. The summed E-state index contributed by atoms with van der Waals surface area (Å²) in [6, 6.07) is 10.8. The summed E-state index contributed by atoms with van der Waals surface area (Å²) in [6.45, 7) is 2.89. The smallest absolute Gasteiger partial charge is 0.252 e. The molecule has 1 N–H and O–H groups in total. The van der Waals surface area contributed by atoms with Gasteiger partial charge in [0.05, 0.1) is 5.92 Å². The minimum Gasteiger partial charge on any atom is -0.352 e. The van der Waals surface area contributed by atoms with Crippen LogP contribution in [0.25, 0.3) is 0 Å². The molecule has 1 unspecified atom stereocenters. The van der Waals surface area contributed by atoms with Crippen molar-refractivity contribution in [1.82, 2.24) is 9.62 Å². The van der Waals surface area contributed by atoms with Crippen LogP contribution in [0.3, 0.4) is 0 Å². The van der Waals surface area contributed by atoms with Crippen molar-refractivity contribution in [2.24, 2.45) is 5.92 Å². The molecule has 2 aromatic rings. The summed E-state index contributed by atoms with van der Waals surface area (Å²) in [5.41, 5.74) is 0.844. The highest BCUT2D eigenvalue weighted by Crippen LogP contribution is 2.28. The molecular formula is C18H21ClN2O3S2. The van der Waals surface area contributed by atoms with Crippen molar-refractivity contribution in [2.75, 3.05) is 13.1 Å². The SMILES string of the molecule is Cc1ccc(S(=O)(=O)N2CCCC(C(=O)NCc3ccccc3Cl)C2)s1. The molecule has 1 aromatic carbocycles. The number of hydrogen-bond acceptors (Lipinski definition) is 4. The van der Waals surface area contributed by atoms with Crippen LogP contribution in [0, 0.1) is 12.8 Å². The second-order valence-corrected chi connectivity index (χ2v) is 10.2. The van der Waals surface area contributed by atoms with Gasteiger partial charge >= 0.3 is 0 Å². The Bertz CT molecular complexity index is 895. The summed E-state index contributed by atoms with van der Waals surface area (Å²) >= 11 is 7.37. The lowest BCUT2D eigenvalue weighted by molar-refractivity contribution is -0.126. The molecule has 1 atom stereocenters. The van der Waals surface area contributed by atoms with Gasteiger partial charge in [-0.05, 0) is 43.5 Å². The highest BCUT2D eigenvalue weighted by atomic mass is 35.5. The number of nitrogens with zero attached hydrogens (tertiary/aromatic N) is 1. The number of carbonyl (C=O) groups is 1. The summed E-state index contributed by atoms with van der Waals surface area (Å²) in [4.78, 5) is 13.5. The fourth-order valence-corrected chi connectivity index (χ4v) is 6.19. The third-order valence-corrected chi connectivity index (χ3v) is 8.18. The zero-order valence-electron chi connectivity index (χ0n) is 14.4. The number of nitrogens with one attached hydrogen (secondary N) is 1. The van der Waals surface area contributed by atoms with E-state index in [-0.39, 0.29) is 18.4 Å². The van der Waals surface area contributed by atoms with E-state index in [4.69, 9.17) is 11.6 Å². The number of hydrogen-bond donors (Lipinski definition) is 1. The Morgan fingerprint density at radius 3 is 2.77 bits per heavy atom. The molecule has 1 fully saturated rings. The van der Waals surface area contributed by atoms with E-state index in [0.29, 0.717) is 35.2 Å². The standard InChI is InChI=1S/C18H21ClN2O3S2/c1-13-8-9-17(25-13)26(23,24)21-10-4-6-15(12-21)18(22)20-11-14-5-2-3-7-16(14)19/h2-3,5,7-9,15H,4,6,10-12H2,1H3,(H,20,22). The van der Waals surface area contributed by atoms with E-state index in [1.165, 1.54) is 15.6 Å². The fraction of sp³-hybridized carbons (Fsp3) is 0.389. The Balaban J connectivity index is 1.64. The lowest BCUT2D eigenvalue weighted by atomic mass is 9.99. The third kappa shape index (κ3) is 4.28. The maximum Gasteiger partial charge on any atom is 0.252 e. The first-order chi connectivity index (χ1) is 12.4. The maximum atomic E-state index is 12.8. The summed E-state index contributed by atoms with van der Waals surface area (Å²) in [6.07, 6.45) is 1.36. The quantitative estimate of drug-likeness (QED) is 0.818. The second kappa shape index (κ2) is 8.08. The van der Waals surface area contributed by atoms with Gasteiger partial charge in [0, 0.05) is 29.5 Å². The van der Waals surface area contributed by atoms with Crippen molar-refractivity contribution in [3.63, 3.8) is 0 Å². The largest absolute Gasteiger partial charge is 0.352 e. The van der Waals surface area contributed by atoms with Crippen molar-refractivity contribution in [1.29, 1.82) is 0 Å². The Morgan fingerprint density at radius 2 is 2.08 bits per heavy atom. The number of benzene rings is 1. The monoisotopic (exact) mass is 412 g/mol. The number of rotatable bonds is 5. The van der Waals surface area contributed by atoms with Crippen LogP contribution in [0.15, 0.2) is 40.6 Å². The maximum absolute atomic E-state index is 12.8. The Kier molecular flexibility index (Phi) is 6.02. The predicted octanol–water partition coefficient (Wildman–Crippen LogP) is 3.43. The van der Waals surface area contributed by atoms with Gasteiger partial charge in [0.15, 0.2) is 0 Å². The van der Waals surface area contributed by atoms with Crippen LogP contribution >= 0.6 is 22.9 Å². The Morgan fingerprint density at radius 1 is 1.31 bits per heavy atom. The van der Waals surface area contributed by atoms with Crippen molar-refractivity contribution in [2.45, 2.75) is 30.5 Å². The Labute approximate surface area is 163 Å². The van der Waals surface area contributed by atoms with Crippen LogP contribution in [-0.2, 0) is 21.4 Å². The van der Waals surface area contributed by atoms with Crippen LogP contribution < -0.4 is 5.32 Å². The van der Waals surface area contributed by atoms with Crippen LogP contribution in [0.4, 0.5) is 0 Å². The van der Waals surface area contributed by atoms with Crippen molar-refractivity contribution in [3.05, 3.63) is 51.9 Å². The van der Waals surface area contributed by atoms with Gasteiger partial charge in [0.2, 0.25) is 5.91 Å². The molecule has 140 valence electrons. The number of carbonyl (C=O) groups excluding carboxylic acids is 1. The normalized spacial score (nSPS) is 18.6. The lowest BCUT2D eigenvalue weighted by Gasteiger charge is -2.30. The summed E-state index contributed by atoms with van der Waals surface area (Å²) in [7, 11) is -3.53. The van der Waals surface area contributed by atoms with Gasteiger partial charge in [0.1, 0.15) is 4.21 Å². The van der Waals surface area contributed by atoms with E-state index >= 15 is 0 Å². The minimum absolute atomic E-state index is 0.132. The van der Waals surface area contributed by atoms with E-state index in [0.717, 1.165) is 10.4 Å². The number of amides is 1. The van der Waals surface area contributed by atoms with Crippen LogP contribution in [-0.4, -0.2) is 31.7 Å². The molecule has 1 saturated heterocycles. The molecule has 1 aromatic heterocycles. The molecule has 1 aliphatic heterocycles. The first-order valence-corrected chi connectivity index (χ1v) is 11.1. The molecule has 1 aliphatic rings. The number of sulfonamides is 1. The van der Waals surface area contributed by atoms with E-state index in [9.17, 15) is 13.2 Å². The van der Waals surface area contributed by atoms with Gasteiger partial charge in [0.25, 0.3) is 10.0 Å². The molecule has 3 rings (SSSR count). The molecule has 0 saturated carbocycles. The van der Waals surface area contributed by atoms with Gasteiger partial charge in [-0.3, -0.25) is 4.79 Å². The van der Waals surface area contributed by atoms with Gasteiger partial charge in [-0.15, -0.1) is 11.3 Å². The molecule has 5 nitrogen and oxygen atoms in total. The summed E-state index contributed by atoms with van der Waals surface area (Å²) < 4.78 is 27.3. The van der Waals surface area contributed by atoms with Gasteiger partial charge in [-0.2, -0.15) is 4.31 Å². The van der Waals surface area contributed by atoms with Gasteiger partial charge in [-0.25, -0.2) is 8.42 Å². The topological polar surface area (TPSA) is 66.5 Å². The first-order valence-electron chi connectivity index (χ1n) is 8.45. The van der Waals surface area contributed by atoms with Crippen molar-refractivity contribution in [3.8, 4) is 0 Å². The molecule has 0 bridgehead atoms. The number of halogens is 1. The average Bonchev–Trinajstić information content (AvgIpc) is 3.08. The van der Waals surface area contributed by atoms with Gasteiger partial charge in [-0.1, -0.05) is 29.8 Å². The zero-order chi connectivity index (χ0) is 18.7. The zero-order valence-corrected chi connectivity index (χ0v) is 16.8. The van der Waals surface area contributed by atoms with Crippen molar-refractivity contribution < 1.29 is 13.2 Å². The lowest BCUT2D eigenvalue weighted by Crippen LogP contribution is -2.45. The third-order valence-electron chi connectivity index (χ3n) is 4.48. The van der Waals surface area contributed by atoms with Crippen LogP contribution in [0.1, 0.15) is 23.3 Å². The first kappa shape index (κ1) is 19.4.